The highest BCUT2D eigenvalue weighted by molar-refractivity contribution is 6.30. The molecule has 0 fully saturated rings. The normalized spacial score (nSPS) is 10.6. The minimum atomic E-state index is -0.439. The summed E-state index contributed by atoms with van der Waals surface area (Å²) in [6, 6.07) is 15.5. The van der Waals surface area contributed by atoms with Crippen LogP contribution in [-0.2, 0) is 20.8 Å². The topological polar surface area (TPSA) is 118 Å². The molecule has 0 heterocycles. The summed E-state index contributed by atoms with van der Waals surface area (Å²) in [6.45, 7) is 5.61. The first-order valence-corrected chi connectivity index (χ1v) is 13.1. The number of carbonyl (C=O) groups excluding carboxylic acids is 3. The van der Waals surface area contributed by atoms with E-state index in [2.05, 4.69) is 27.7 Å². The molecule has 0 aromatic heterocycles. The van der Waals surface area contributed by atoms with Crippen molar-refractivity contribution in [3.8, 4) is 11.5 Å². The lowest BCUT2D eigenvalue weighted by atomic mass is 10.1. The largest absolute Gasteiger partial charge is 0.490 e. The molecule has 3 rings (SSSR count). The van der Waals surface area contributed by atoms with E-state index in [1.807, 2.05) is 6.92 Å². The molecule has 0 unspecified atom stereocenters. The molecule has 3 N–H and O–H groups in total. The van der Waals surface area contributed by atoms with E-state index in [-0.39, 0.29) is 25.4 Å². The van der Waals surface area contributed by atoms with Crippen LogP contribution in [0.1, 0.15) is 30.9 Å². The molecule has 0 spiro atoms. The lowest BCUT2D eigenvalue weighted by Gasteiger charge is -2.16. The van der Waals surface area contributed by atoms with Crippen molar-refractivity contribution < 1.29 is 28.2 Å². The molecule has 0 atom stereocenters. The van der Waals surface area contributed by atoms with Crippen LogP contribution < -0.4 is 25.5 Å². The number of hydrogen-bond donors (Lipinski definition) is 3. The van der Waals surface area contributed by atoms with Crippen LogP contribution in [0, 0.1) is 5.82 Å². The molecule has 0 saturated carbocycles. The van der Waals surface area contributed by atoms with E-state index in [0.29, 0.717) is 52.1 Å². The molecule has 0 saturated heterocycles. The van der Waals surface area contributed by atoms with Crippen molar-refractivity contribution in [3.05, 3.63) is 95.3 Å². The Bertz CT molecular complexity index is 1410. The number of anilines is 2. The highest BCUT2D eigenvalue weighted by Crippen LogP contribution is 2.33. The van der Waals surface area contributed by atoms with Crippen LogP contribution in [0.2, 0.25) is 5.02 Å². The van der Waals surface area contributed by atoms with Crippen LogP contribution in [-0.4, -0.2) is 37.1 Å². The predicted octanol–water partition coefficient (Wildman–Crippen LogP) is 5.49. The average Bonchev–Trinajstić information content (AvgIpc) is 2.93. The van der Waals surface area contributed by atoms with Crippen LogP contribution in [0.25, 0.3) is 0 Å². The highest BCUT2D eigenvalue weighted by Gasteiger charge is 2.15. The average molecular weight is 581 g/mol. The number of hydrazone groups is 1. The van der Waals surface area contributed by atoms with Crippen molar-refractivity contribution in [1.29, 1.82) is 0 Å². The van der Waals surface area contributed by atoms with Gasteiger partial charge >= 0.3 is 0 Å². The fraction of sp³-hybridized carbons (Fsp3) is 0.200. The quantitative estimate of drug-likeness (QED) is 0.132. The number of nitrogens with one attached hydrogen (secondary N) is 3. The molecule has 3 aromatic carbocycles. The minimum absolute atomic E-state index is 0.0351. The van der Waals surface area contributed by atoms with Crippen molar-refractivity contribution in [3.63, 3.8) is 0 Å². The number of allylic oxidation sites excluding steroid dienone is 1. The second-order valence-electron chi connectivity index (χ2n) is 8.63. The summed E-state index contributed by atoms with van der Waals surface area (Å²) in [5.41, 5.74) is 4.68. The van der Waals surface area contributed by atoms with E-state index in [1.54, 1.807) is 42.5 Å². The van der Waals surface area contributed by atoms with Gasteiger partial charge in [-0.05, 0) is 73.5 Å². The standard InChI is InChI=1S/C30H30ClFN4O5/c1-3-6-21-15-20(18-33-36-28(38)14-13-27(37)35-25-8-5-7-22(31)17-25)16-26(40-4-2)30(21)41-19-29(39)34-24-11-9-23(32)10-12-24/h3,5,7-12,15-18H,1,4,6,13-14,19H2,2H3,(H,34,39)(H,35,37)(H,36,38). The fourth-order valence-electron chi connectivity index (χ4n) is 3.61. The summed E-state index contributed by atoms with van der Waals surface area (Å²) in [5.74, 6) is -0.858. The second kappa shape index (κ2) is 15.8. The molecule has 9 nitrogen and oxygen atoms in total. The third-order valence-electron chi connectivity index (χ3n) is 5.38. The maximum Gasteiger partial charge on any atom is 0.262 e. The number of carbonyl (C=O) groups is 3. The van der Waals surface area contributed by atoms with E-state index >= 15 is 0 Å². The van der Waals surface area contributed by atoms with Crippen LogP contribution in [0.3, 0.4) is 0 Å². The van der Waals surface area contributed by atoms with Gasteiger partial charge in [0.25, 0.3) is 5.91 Å². The Balaban J connectivity index is 1.60. The lowest BCUT2D eigenvalue weighted by Crippen LogP contribution is -2.21. The van der Waals surface area contributed by atoms with Crippen molar-refractivity contribution >= 4 is 46.9 Å². The summed E-state index contributed by atoms with van der Waals surface area (Å²) in [4.78, 5) is 36.7. The Morgan fingerprint density at radius 3 is 2.39 bits per heavy atom. The first-order valence-electron chi connectivity index (χ1n) is 12.7. The summed E-state index contributed by atoms with van der Waals surface area (Å²) in [5, 5.41) is 9.80. The Morgan fingerprint density at radius 2 is 1.68 bits per heavy atom. The summed E-state index contributed by atoms with van der Waals surface area (Å²) < 4.78 is 24.7. The maximum absolute atomic E-state index is 13.1. The van der Waals surface area contributed by atoms with Gasteiger partial charge in [-0.3, -0.25) is 14.4 Å². The zero-order chi connectivity index (χ0) is 29.6. The smallest absolute Gasteiger partial charge is 0.262 e. The van der Waals surface area contributed by atoms with Gasteiger partial charge < -0.3 is 20.1 Å². The van der Waals surface area contributed by atoms with E-state index in [1.165, 1.54) is 30.5 Å². The molecular formula is C30H30ClFN4O5. The maximum atomic E-state index is 13.1. The van der Waals surface area contributed by atoms with Gasteiger partial charge in [0, 0.05) is 34.8 Å². The number of halogens is 2. The van der Waals surface area contributed by atoms with E-state index < -0.39 is 17.6 Å². The van der Waals surface area contributed by atoms with Gasteiger partial charge in [-0.1, -0.05) is 23.7 Å². The molecule has 11 heteroatoms. The van der Waals surface area contributed by atoms with Gasteiger partial charge in [-0.2, -0.15) is 5.10 Å². The van der Waals surface area contributed by atoms with E-state index in [9.17, 15) is 18.8 Å². The van der Waals surface area contributed by atoms with Crippen molar-refractivity contribution in [2.75, 3.05) is 23.8 Å². The fourth-order valence-corrected chi connectivity index (χ4v) is 3.80. The zero-order valence-electron chi connectivity index (χ0n) is 22.4. The van der Waals surface area contributed by atoms with Gasteiger partial charge in [-0.15, -0.1) is 6.58 Å². The second-order valence-corrected chi connectivity index (χ2v) is 9.06. The van der Waals surface area contributed by atoms with Crippen molar-refractivity contribution in [2.24, 2.45) is 5.10 Å². The minimum Gasteiger partial charge on any atom is -0.490 e. The Kier molecular flexibility index (Phi) is 11.9. The molecule has 214 valence electrons. The molecular weight excluding hydrogens is 551 g/mol. The molecule has 0 aliphatic rings. The lowest BCUT2D eigenvalue weighted by molar-refractivity contribution is -0.124. The SMILES string of the molecule is C=CCc1cc(C=NNC(=O)CCC(=O)Nc2cccc(Cl)c2)cc(OCC)c1OCC(=O)Nc1ccc(F)cc1. The molecule has 0 aliphatic heterocycles. The van der Waals surface area contributed by atoms with Gasteiger partial charge in [0.2, 0.25) is 11.8 Å². The van der Waals surface area contributed by atoms with Crippen LogP contribution >= 0.6 is 11.6 Å². The summed E-state index contributed by atoms with van der Waals surface area (Å²) >= 11 is 5.91. The predicted molar refractivity (Wildman–Crippen MR) is 157 cm³/mol. The molecule has 3 aromatic rings. The van der Waals surface area contributed by atoms with E-state index in [4.69, 9.17) is 21.1 Å². The Hall–Kier alpha value is -4.70. The van der Waals surface area contributed by atoms with Crippen LogP contribution in [0.4, 0.5) is 15.8 Å². The van der Waals surface area contributed by atoms with Crippen LogP contribution in [0.15, 0.2) is 78.4 Å². The van der Waals surface area contributed by atoms with Crippen LogP contribution in [0.5, 0.6) is 11.5 Å². The number of rotatable bonds is 14. The van der Waals surface area contributed by atoms with Crippen molar-refractivity contribution in [1.82, 2.24) is 5.43 Å². The Morgan fingerprint density at radius 1 is 0.951 bits per heavy atom. The molecule has 0 aliphatic carbocycles. The van der Waals surface area contributed by atoms with Gasteiger partial charge in [0.1, 0.15) is 5.82 Å². The van der Waals surface area contributed by atoms with E-state index in [0.717, 1.165) is 0 Å². The van der Waals surface area contributed by atoms with Gasteiger partial charge in [0.05, 0.1) is 12.8 Å². The number of nitrogens with zero attached hydrogens (tertiary/aromatic N) is 1. The monoisotopic (exact) mass is 580 g/mol. The number of hydrogen-bond acceptors (Lipinski definition) is 6. The first-order chi connectivity index (χ1) is 19.8. The molecule has 3 amide bonds. The number of ether oxygens (including phenoxy) is 2. The first kappa shape index (κ1) is 30.8. The molecule has 0 radical (unpaired) electrons. The summed E-state index contributed by atoms with van der Waals surface area (Å²) in [7, 11) is 0. The van der Waals surface area contributed by atoms with Crippen molar-refractivity contribution in [2.45, 2.75) is 26.2 Å². The zero-order valence-corrected chi connectivity index (χ0v) is 23.2. The van der Waals surface area contributed by atoms with Gasteiger partial charge in [-0.25, -0.2) is 9.82 Å². The molecule has 0 bridgehead atoms. The number of amides is 3. The highest BCUT2D eigenvalue weighted by atomic mass is 35.5. The Labute approximate surface area is 242 Å². The third-order valence-corrected chi connectivity index (χ3v) is 5.62. The van der Waals surface area contributed by atoms with Gasteiger partial charge in [0.15, 0.2) is 18.1 Å². The molecule has 41 heavy (non-hydrogen) atoms. The third kappa shape index (κ3) is 10.4. The number of benzene rings is 3. The summed E-state index contributed by atoms with van der Waals surface area (Å²) in [6.07, 6.45) is 3.41.